The first-order valence-electron chi connectivity index (χ1n) is 8.70. The van der Waals surface area contributed by atoms with Crippen LogP contribution in [0.5, 0.6) is 0 Å². The lowest BCUT2D eigenvalue weighted by molar-refractivity contribution is -0.165. The van der Waals surface area contributed by atoms with Gasteiger partial charge in [-0.15, -0.1) is 0 Å². The number of fused-ring (bicyclic) bond motifs is 1. The molecule has 2 aromatic carbocycles. The third-order valence-electron chi connectivity index (χ3n) is 4.59. The van der Waals surface area contributed by atoms with Crippen molar-refractivity contribution in [1.29, 1.82) is 0 Å². The average Bonchev–Trinajstić information content (AvgIpc) is 2.64. The van der Waals surface area contributed by atoms with E-state index in [0.29, 0.717) is 13.0 Å². The maximum atomic E-state index is 12.6. The maximum absolute atomic E-state index is 12.6. The van der Waals surface area contributed by atoms with E-state index in [0.717, 1.165) is 16.3 Å². The lowest BCUT2D eigenvalue weighted by atomic mass is 9.99. The van der Waals surface area contributed by atoms with Crippen molar-refractivity contribution in [3.05, 3.63) is 60.2 Å². The van der Waals surface area contributed by atoms with Crippen LogP contribution in [0, 0.1) is 0 Å². The summed E-state index contributed by atoms with van der Waals surface area (Å²) in [6, 6.07) is 13.9. The monoisotopic (exact) mass is 380 g/mol. The number of carbonyl (C=O) groups is 1. The highest BCUT2D eigenvalue weighted by molar-refractivity contribution is 5.89. The first kappa shape index (κ1) is 21.0. The topological polar surface area (TPSA) is 35.5 Å². The molecule has 0 radical (unpaired) electrons. The van der Waals surface area contributed by atoms with E-state index in [1.165, 1.54) is 0 Å². The molecule has 146 valence electrons. The van der Waals surface area contributed by atoms with Crippen LogP contribution in [0.15, 0.2) is 54.6 Å². The first-order chi connectivity index (χ1) is 12.7. The molecule has 2 rings (SSSR count). The third kappa shape index (κ3) is 5.57. The van der Waals surface area contributed by atoms with Crippen LogP contribution in [0.2, 0.25) is 0 Å². The summed E-state index contributed by atoms with van der Waals surface area (Å²) in [5.41, 5.74) is -1.53. The number of halogens is 3. The number of ether oxygens (including phenoxy) is 2. The highest BCUT2D eigenvalue weighted by atomic mass is 19.4. The van der Waals surface area contributed by atoms with Crippen LogP contribution in [-0.2, 0) is 20.9 Å². The van der Waals surface area contributed by atoms with Crippen LogP contribution < -0.4 is 0 Å². The van der Waals surface area contributed by atoms with Crippen molar-refractivity contribution in [3.8, 4) is 0 Å². The lowest BCUT2D eigenvalue weighted by Crippen LogP contribution is -2.35. The molecule has 2 aromatic rings. The molecular weight excluding hydrogens is 357 g/mol. The largest absolute Gasteiger partial charge is 0.456 e. The third-order valence-corrected chi connectivity index (χ3v) is 4.59. The first-order valence-corrected chi connectivity index (χ1v) is 8.70. The molecule has 0 N–H and O–H groups in total. The van der Waals surface area contributed by atoms with Crippen molar-refractivity contribution >= 4 is 16.7 Å². The van der Waals surface area contributed by atoms with Gasteiger partial charge in [0, 0.05) is 6.42 Å². The Balaban J connectivity index is 1.92. The molecule has 6 heteroatoms. The SMILES string of the molecule is C=C(C(=O)OC(C)(CC)CCOCc1cccc2ccccc12)C(F)(F)F. The van der Waals surface area contributed by atoms with E-state index >= 15 is 0 Å². The van der Waals surface area contributed by atoms with Gasteiger partial charge in [0.15, 0.2) is 0 Å². The summed E-state index contributed by atoms with van der Waals surface area (Å²) >= 11 is 0. The molecule has 27 heavy (non-hydrogen) atoms. The molecule has 3 nitrogen and oxygen atoms in total. The normalized spacial score (nSPS) is 14.0. The number of rotatable bonds is 8. The van der Waals surface area contributed by atoms with Crippen molar-refractivity contribution in [3.63, 3.8) is 0 Å². The Morgan fingerprint density at radius 1 is 1.11 bits per heavy atom. The van der Waals surface area contributed by atoms with E-state index < -0.39 is 23.3 Å². The molecule has 1 unspecified atom stereocenters. The van der Waals surface area contributed by atoms with E-state index in [2.05, 4.69) is 6.58 Å². The molecule has 0 aliphatic carbocycles. The standard InChI is InChI=1S/C21H23F3O3/c1-4-20(3,27-19(25)15(2)21(22,23)24)12-13-26-14-17-10-7-9-16-8-5-6-11-18(16)17/h5-11H,2,4,12-14H2,1,3H3. The smallest absolute Gasteiger partial charge is 0.422 e. The molecule has 0 fully saturated rings. The van der Waals surface area contributed by atoms with Gasteiger partial charge in [-0.1, -0.05) is 56.0 Å². The van der Waals surface area contributed by atoms with Gasteiger partial charge in [0.05, 0.1) is 13.2 Å². The minimum absolute atomic E-state index is 0.249. The van der Waals surface area contributed by atoms with Gasteiger partial charge in [-0.3, -0.25) is 0 Å². The fraction of sp³-hybridized carbons (Fsp3) is 0.381. The van der Waals surface area contributed by atoms with Gasteiger partial charge < -0.3 is 9.47 Å². The molecule has 0 heterocycles. The predicted octanol–water partition coefficient (Wildman–Crippen LogP) is 5.58. The molecule has 0 amide bonds. The predicted molar refractivity (Wildman–Crippen MR) is 98.2 cm³/mol. The van der Waals surface area contributed by atoms with Gasteiger partial charge >= 0.3 is 12.1 Å². The molecule has 0 saturated heterocycles. The van der Waals surface area contributed by atoms with E-state index in [-0.39, 0.29) is 13.0 Å². The van der Waals surface area contributed by atoms with Crippen LogP contribution in [-0.4, -0.2) is 24.4 Å². The van der Waals surface area contributed by atoms with Gasteiger partial charge in [-0.05, 0) is 29.7 Å². The Morgan fingerprint density at radius 3 is 2.44 bits per heavy atom. The number of esters is 1. The van der Waals surface area contributed by atoms with Crippen LogP contribution in [0.1, 0.15) is 32.3 Å². The second-order valence-electron chi connectivity index (χ2n) is 6.61. The fourth-order valence-corrected chi connectivity index (χ4v) is 2.59. The van der Waals surface area contributed by atoms with Crippen LogP contribution in [0.3, 0.4) is 0 Å². The second kappa shape index (κ2) is 8.57. The number of hydrogen-bond donors (Lipinski definition) is 0. The zero-order valence-corrected chi connectivity index (χ0v) is 15.4. The van der Waals surface area contributed by atoms with Gasteiger partial charge in [-0.25, -0.2) is 4.79 Å². The fourth-order valence-electron chi connectivity index (χ4n) is 2.59. The minimum atomic E-state index is -4.80. The quantitative estimate of drug-likeness (QED) is 0.341. The summed E-state index contributed by atoms with van der Waals surface area (Å²) in [5.74, 6) is -1.44. The molecule has 0 spiro atoms. The second-order valence-corrected chi connectivity index (χ2v) is 6.61. The molecule has 0 aliphatic heterocycles. The zero-order valence-electron chi connectivity index (χ0n) is 15.4. The Hall–Kier alpha value is -2.34. The minimum Gasteiger partial charge on any atom is -0.456 e. The van der Waals surface area contributed by atoms with Gasteiger partial charge in [0.1, 0.15) is 11.2 Å². The molecule has 0 aromatic heterocycles. The van der Waals surface area contributed by atoms with Crippen LogP contribution >= 0.6 is 0 Å². The van der Waals surface area contributed by atoms with Crippen molar-refractivity contribution in [2.24, 2.45) is 0 Å². The van der Waals surface area contributed by atoms with E-state index in [1.807, 2.05) is 42.5 Å². The highest BCUT2D eigenvalue weighted by Crippen LogP contribution is 2.29. The summed E-state index contributed by atoms with van der Waals surface area (Å²) < 4.78 is 48.5. The summed E-state index contributed by atoms with van der Waals surface area (Å²) in [6.45, 7) is 6.73. The zero-order chi connectivity index (χ0) is 20.1. The van der Waals surface area contributed by atoms with Crippen molar-refractivity contribution in [2.45, 2.75) is 45.1 Å². The van der Waals surface area contributed by atoms with Crippen LogP contribution in [0.25, 0.3) is 10.8 Å². The van der Waals surface area contributed by atoms with E-state index in [1.54, 1.807) is 13.8 Å². The average molecular weight is 380 g/mol. The summed E-state index contributed by atoms with van der Waals surface area (Å²) in [4.78, 5) is 11.7. The van der Waals surface area contributed by atoms with Gasteiger partial charge in [0.25, 0.3) is 0 Å². The summed E-state index contributed by atoms with van der Waals surface area (Å²) in [6.07, 6.45) is -4.15. The van der Waals surface area contributed by atoms with Crippen molar-refractivity contribution < 1.29 is 27.4 Å². The van der Waals surface area contributed by atoms with Crippen molar-refractivity contribution in [1.82, 2.24) is 0 Å². The Bertz CT molecular complexity index is 808. The molecule has 1 atom stereocenters. The van der Waals surface area contributed by atoms with Crippen LogP contribution in [0.4, 0.5) is 13.2 Å². The summed E-state index contributed by atoms with van der Waals surface area (Å²) in [5, 5.41) is 2.20. The van der Waals surface area contributed by atoms with E-state index in [9.17, 15) is 18.0 Å². The molecule has 0 bridgehead atoms. The number of carbonyl (C=O) groups excluding carboxylic acids is 1. The number of benzene rings is 2. The van der Waals surface area contributed by atoms with Crippen molar-refractivity contribution in [2.75, 3.05) is 6.61 Å². The lowest BCUT2D eigenvalue weighted by Gasteiger charge is -2.29. The summed E-state index contributed by atoms with van der Waals surface area (Å²) in [7, 11) is 0. The highest BCUT2D eigenvalue weighted by Gasteiger charge is 2.40. The number of hydrogen-bond acceptors (Lipinski definition) is 3. The Kier molecular flexibility index (Phi) is 6.65. The Morgan fingerprint density at radius 2 is 1.78 bits per heavy atom. The van der Waals surface area contributed by atoms with Gasteiger partial charge in [0.2, 0.25) is 0 Å². The molecule has 0 aliphatic rings. The molecule has 0 saturated carbocycles. The van der Waals surface area contributed by atoms with Gasteiger partial charge in [-0.2, -0.15) is 13.2 Å². The maximum Gasteiger partial charge on any atom is 0.422 e. The number of alkyl halides is 3. The molecular formula is C21H23F3O3. The Labute approximate surface area is 156 Å². The van der Waals surface area contributed by atoms with E-state index in [4.69, 9.17) is 9.47 Å².